The third kappa shape index (κ3) is 3.18. The lowest BCUT2D eigenvalue weighted by Gasteiger charge is -2.35. The van der Waals surface area contributed by atoms with E-state index in [1.807, 2.05) is 25.1 Å². The van der Waals surface area contributed by atoms with Crippen molar-refractivity contribution in [1.29, 1.82) is 0 Å². The Bertz CT molecular complexity index is 661. The predicted octanol–water partition coefficient (Wildman–Crippen LogP) is 3.10. The van der Waals surface area contributed by atoms with Crippen LogP contribution in [0.4, 0.5) is 0 Å². The fourth-order valence-corrected chi connectivity index (χ4v) is 2.86. The number of rotatable bonds is 4. The van der Waals surface area contributed by atoms with Crippen LogP contribution in [0.5, 0.6) is 0 Å². The molecular weight excluding hydrogens is 298 g/mol. The molecule has 1 fully saturated rings. The minimum atomic E-state index is -0.448. The Morgan fingerprint density at radius 3 is 3.00 bits per heavy atom. The van der Waals surface area contributed by atoms with Gasteiger partial charge in [0.25, 0.3) is 0 Å². The molecule has 23 heavy (non-hydrogen) atoms. The zero-order valence-electron chi connectivity index (χ0n) is 13.6. The van der Waals surface area contributed by atoms with Gasteiger partial charge in [0, 0.05) is 18.7 Å². The van der Waals surface area contributed by atoms with Crippen LogP contribution in [-0.4, -0.2) is 37.7 Å². The van der Waals surface area contributed by atoms with E-state index in [2.05, 4.69) is 11.8 Å². The van der Waals surface area contributed by atoms with Crippen molar-refractivity contribution in [3.8, 4) is 0 Å². The van der Waals surface area contributed by atoms with Crippen LogP contribution in [0.3, 0.4) is 0 Å². The normalized spacial score (nSPS) is 20.4. The van der Waals surface area contributed by atoms with E-state index in [4.69, 9.17) is 18.3 Å². The molecule has 0 radical (unpaired) electrons. The molecule has 0 N–H and O–H groups in total. The Hall–Kier alpha value is -2.05. The maximum absolute atomic E-state index is 11.7. The largest absolute Gasteiger partial charge is 0.467 e. The van der Waals surface area contributed by atoms with Crippen LogP contribution in [0, 0.1) is 6.92 Å². The first-order valence-electron chi connectivity index (χ1n) is 7.68. The number of aryl methyl sites for hydroxylation is 1. The number of methoxy groups -OCH3 is 1. The maximum atomic E-state index is 11.7. The minimum Gasteiger partial charge on any atom is -0.467 e. The molecule has 3 rings (SSSR count). The lowest BCUT2D eigenvalue weighted by atomic mass is 10.1. The van der Waals surface area contributed by atoms with Gasteiger partial charge < -0.3 is 18.3 Å². The van der Waals surface area contributed by atoms with Crippen molar-refractivity contribution in [3.05, 3.63) is 47.3 Å². The number of carbonyl (C=O) groups excluding carboxylic acids is 1. The van der Waals surface area contributed by atoms with Crippen LogP contribution in [0.1, 0.15) is 46.7 Å². The molecule has 1 saturated heterocycles. The van der Waals surface area contributed by atoms with E-state index in [0.29, 0.717) is 13.2 Å². The zero-order valence-corrected chi connectivity index (χ0v) is 13.6. The van der Waals surface area contributed by atoms with Crippen molar-refractivity contribution in [3.63, 3.8) is 0 Å². The molecule has 6 heteroatoms. The van der Waals surface area contributed by atoms with Crippen molar-refractivity contribution in [2.24, 2.45) is 0 Å². The fourth-order valence-electron chi connectivity index (χ4n) is 2.86. The van der Waals surface area contributed by atoms with Crippen LogP contribution in [0.25, 0.3) is 0 Å². The Balaban J connectivity index is 1.75. The summed E-state index contributed by atoms with van der Waals surface area (Å²) in [6.07, 6.45) is 1.57. The quantitative estimate of drug-likeness (QED) is 0.807. The summed E-state index contributed by atoms with van der Waals surface area (Å²) in [5.41, 5.74) is 0.787. The van der Waals surface area contributed by atoms with Gasteiger partial charge in [-0.25, -0.2) is 4.79 Å². The molecule has 0 aliphatic carbocycles. The molecule has 0 bridgehead atoms. The predicted molar refractivity (Wildman–Crippen MR) is 82.2 cm³/mol. The van der Waals surface area contributed by atoms with Gasteiger partial charge in [0.05, 0.1) is 26.0 Å². The average Bonchev–Trinajstić information content (AvgIpc) is 3.23. The second-order valence-electron chi connectivity index (χ2n) is 5.70. The van der Waals surface area contributed by atoms with Gasteiger partial charge in [0.2, 0.25) is 5.76 Å². The molecule has 0 amide bonds. The van der Waals surface area contributed by atoms with Crippen molar-refractivity contribution in [2.45, 2.75) is 26.0 Å². The summed E-state index contributed by atoms with van der Waals surface area (Å²) in [4.78, 5) is 14.0. The number of furan rings is 2. The molecule has 0 unspecified atom stereocenters. The van der Waals surface area contributed by atoms with E-state index < -0.39 is 5.97 Å². The number of nitrogens with zero attached hydrogens (tertiary/aromatic N) is 1. The van der Waals surface area contributed by atoms with E-state index >= 15 is 0 Å². The Labute approximate surface area is 135 Å². The zero-order chi connectivity index (χ0) is 16.4. The summed E-state index contributed by atoms with van der Waals surface area (Å²) in [5, 5.41) is 0. The van der Waals surface area contributed by atoms with Crippen LogP contribution in [0.2, 0.25) is 0 Å². The van der Waals surface area contributed by atoms with Gasteiger partial charge in [0.1, 0.15) is 17.6 Å². The summed E-state index contributed by atoms with van der Waals surface area (Å²) in [6, 6.07) is 5.72. The topological polar surface area (TPSA) is 65.0 Å². The average molecular weight is 319 g/mol. The minimum absolute atomic E-state index is 0.0356. The highest BCUT2D eigenvalue weighted by molar-refractivity contribution is 5.87. The molecule has 124 valence electrons. The van der Waals surface area contributed by atoms with Gasteiger partial charge in [-0.05, 0) is 32.0 Å². The summed E-state index contributed by atoms with van der Waals surface area (Å²) in [6.45, 7) is 6.04. The lowest BCUT2D eigenvalue weighted by molar-refractivity contribution is -0.0547. The Morgan fingerprint density at radius 2 is 2.30 bits per heavy atom. The molecule has 1 aliphatic rings. The molecule has 2 aromatic heterocycles. The van der Waals surface area contributed by atoms with E-state index in [1.165, 1.54) is 7.11 Å². The van der Waals surface area contributed by atoms with Crippen molar-refractivity contribution >= 4 is 5.97 Å². The molecule has 1 aliphatic heterocycles. The SMILES string of the molecule is COC(=O)c1oc([C@H](C)N2CCO[C@@H](c3ccco3)C2)cc1C. The third-order valence-electron chi connectivity index (χ3n) is 4.23. The summed E-state index contributed by atoms with van der Waals surface area (Å²) < 4.78 is 21.7. The molecule has 0 spiro atoms. The third-order valence-corrected chi connectivity index (χ3v) is 4.23. The first kappa shape index (κ1) is 15.8. The molecule has 0 saturated carbocycles. The van der Waals surface area contributed by atoms with Gasteiger partial charge >= 0.3 is 5.97 Å². The van der Waals surface area contributed by atoms with E-state index in [-0.39, 0.29) is 17.9 Å². The number of morpholine rings is 1. The summed E-state index contributed by atoms with van der Waals surface area (Å²) in [7, 11) is 1.35. The van der Waals surface area contributed by atoms with E-state index in [1.54, 1.807) is 6.26 Å². The van der Waals surface area contributed by atoms with Crippen LogP contribution >= 0.6 is 0 Å². The maximum Gasteiger partial charge on any atom is 0.374 e. The van der Waals surface area contributed by atoms with E-state index in [0.717, 1.165) is 23.6 Å². The lowest BCUT2D eigenvalue weighted by Crippen LogP contribution is -2.39. The monoisotopic (exact) mass is 319 g/mol. The highest BCUT2D eigenvalue weighted by Crippen LogP contribution is 2.30. The van der Waals surface area contributed by atoms with Crippen LogP contribution in [-0.2, 0) is 9.47 Å². The van der Waals surface area contributed by atoms with Gasteiger partial charge in [0.15, 0.2) is 0 Å². The smallest absolute Gasteiger partial charge is 0.374 e. The molecule has 0 aromatic carbocycles. The fraction of sp³-hybridized carbons (Fsp3) is 0.471. The number of ether oxygens (including phenoxy) is 2. The number of hydrogen-bond donors (Lipinski definition) is 0. The van der Waals surface area contributed by atoms with Gasteiger partial charge in [-0.1, -0.05) is 0 Å². The first-order chi connectivity index (χ1) is 11.1. The highest BCUT2D eigenvalue weighted by Gasteiger charge is 2.30. The number of carbonyl (C=O) groups is 1. The van der Waals surface area contributed by atoms with E-state index in [9.17, 15) is 4.79 Å². The second-order valence-corrected chi connectivity index (χ2v) is 5.70. The highest BCUT2D eigenvalue weighted by atomic mass is 16.5. The van der Waals surface area contributed by atoms with Gasteiger partial charge in [-0.2, -0.15) is 0 Å². The molecule has 3 heterocycles. The Morgan fingerprint density at radius 1 is 1.48 bits per heavy atom. The molecule has 6 nitrogen and oxygen atoms in total. The van der Waals surface area contributed by atoms with Crippen molar-refractivity contribution in [1.82, 2.24) is 4.90 Å². The molecule has 2 atom stereocenters. The Kier molecular flexibility index (Phi) is 4.54. The number of esters is 1. The number of hydrogen-bond acceptors (Lipinski definition) is 6. The van der Waals surface area contributed by atoms with Crippen LogP contribution < -0.4 is 0 Å². The van der Waals surface area contributed by atoms with Crippen molar-refractivity contribution in [2.75, 3.05) is 26.8 Å². The van der Waals surface area contributed by atoms with Gasteiger partial charge in [-0.15, -0.1) is 0 Å². The second kappa shape index (κ2) is 6.60. The first-order valence-corrected chi connectivity index (χ1v) is 7.68. The van der Waals surface area contributed by atoms with Crippen LogP contribution in [0.15, 0.2) is 33.3 Å². The van der Waals surface area contributed by atoms with Gasteiger partial charge in [-0.3, -0.25) is 4.90 Å². The molecular formula is C17H21NO5. The van der Waals surface area contributed by atoms with Crippen molar-refractivity contribution < 1.29 is 23.1 Å². The summed E-state index contributed by atoms with van der Waals surface area (Å²) >= 11 is 0. The standard InChI is InChI=1S/C17H21NO5/c1-11-9-14(23-16(11)17(19)20-3)12(2)18-6-8-22-15(10-18)13-5-4-7-21-13/h4-5,7,9,12,15H,6,8,10H2,1-3H3/t12-,15+/m0/s1. The summed E-state index contributed by atoms with van der Waals surface area (Å²) in [5.74, 6) is 1.40. The molecule has 2 aromatic rings.